The molecule has 1 aromatic carbocycles. The van der Waals surface area contributed by atoms with E-state index in [0.717, 1.165) is 16.9 Å². The normalized spacial score (nSPS) is 10.8. The van der Waals surface area contributed by atoms with Crippen LogP contribution in [0.3, 0.4) is 0 Å². The van der Waals surface area contributed by atoms with Gasteiger partial charge in [0, 0.05) is 17.3 Å². The number of furan rings is 1. The summed E-state index contributed by atoms with van der Waals surface area (Å²) in [5, 5.41) is 7.14. The van der Waals surface area contributed by atoms with Gasteiger partial charge in [0.1, 0.15) is 5.76 Å². The zero-order valence-corrected chi connectivity index (χ0v) is 12.7. The van der Waals surface area contributed by atoms with Crippen LogP contribution in [0.4, 0.5) is 0 Å². The molecule has 24 heavy (non-hydrogen) atoms. The Morgan fingerprint density at radius 1 is 1.17 bits per heavy atom. The summed E-state index contributed by atoms with van der Waals surface area (Å²) in [4.78, 5) is 16.7. The molecule has 0 unspecified atom stereocenters. The molecule has 1 N–H and O–H groups in total. The quantitative estimate of drug-likeness (QED) is 0.628. The number of carbonyl (C=O) groups is 1. The van der Waals surface area contributed by atoms with Gasteiger partial charge in [0.05, 0.1) is 24.7 Å². The van der Waals surface area contributed by atoms with Crippen LogP contribution in [0, 0.1) is 0 Å². The van der Waals surface area contributed by atoms with Crippen molar-refractivity contribution in [2.75, 3.05) is 0 Å². The van der Waals surface area contributed by atoms with Crippen LogP contribution >= 0.6 is 0 Å². The first-order valence-electron chi connectivity index (χ1n) is 7.51. The van der Waals surface area contributed by atoms with E-state index in [0.29, 0.717) is 17.9 Å². The highest BCUT2D eigenvalue weighted by Gasteiger charge is 2.11. The molecule has 0 aliphatic carbocycles. The fourth-order valence-corrected chi connectivity index (χ4v) is 2.53. The molecule has 0 fully saturated rings. The van der Waals surface area contributed by atoms with Gasteiger partial charge in [0.25, 0.3) is 5.91 Å². The van der Waals surface area contributed by atoms with E-state index in [1.807, 2.05) is 36.4 Å². The number of nitrogens with zero attached hydrogens (tertiary/aromatic N) is 3. The SMILES string of the molecule is O=C(NCc1ccco1)c1cccc(-c2cnc3cccnn23)c1. The molecule has 0 saturated heterocycles. The largest absolute Gasteiger partial charge is 0.467 e. The maximum Gasteiger partial charge on any atom is 0.251 e. The molecule has 4 aromatic rings. The Kier molecular flexibility index (Phi) is 3.55. The van der Waals surface area contributed by atoms with Crippen molar-refractivity contribution >= 4 is 11.6 Å². The summed E-state index contributed by atoms with van der Waals surface area (Å²) in [6, 6.07) is 14.7. The van der Waals surface area contributed by atoms with E-state index in [2.05, 4.69) is 15.4 Å². The molecule has 3 aromatic heterocycles. The summed E-state index contributed by atoms with van der Waals surface area (Å²) in [6.07, 6.45) is 5.04. The summed E-state index contributed by atoms with van der Waals surface area (Å²) in [5.74, 6) is 0.556. The Balaban J connectivity index is 1.60. The third kappa shape index (κ3) is 2.65. The van der Waals surface area contributed by atoms with Crippen molar-refractivity contribution in [3.8, 4) is 11.3 Å². The van der Waals surface area contributed by atoms with Gasteiger partial charge < -0.3 is 9.73 Å². The van der Waals surface area contributed by atoms with Crippen molar-refractivity contribution < 1.29 is 9.21 Å². The lowest BCUT2D eigenvalue weighted by Gasteiger charge is -2.06. The number of rotatable bonds is 4. The third-order valence-electron chi connectivity index (χ3n) is 3.70. The van der Waals surface area contributed by atoms with Crippen molar-refractivity contribution in [1.82, 2.24) is 19.9 Å². The molecule has 0 atom stereocenters. The topological polar surface area (TPSA) is 72.4 Å². The van der Waals surface area contributed by atoms with Crippen molar-refractivity contribution in [3.63, 3.8) is 0 Å². The summed E-state index contributed by atoms with van der Waals surface area (Å²) >= 11 is 0. The smallest absolute Gasteiger partial charge is 0.251 e. The average Bonchev–Trinajstić information content (AvgIpc) is 3.29. The molecule has 0 aliphatic rings. The number of imidazole rings is 1. The average molecular weight is 318 g/mol. The molecule has 1 amide bonds. The first kappa shape index (κ1) is 14.2. The van der Waals surface area contributed by atoms with Crippen LogP contribution in [0.2, 0.25) is 0 Å². The van der Waals surface area contributed by atoms with Gasteiger partial charge in [-0.25, -0.2) is 9.50 Å². The fraction of sp³-hybridized carbons (Fsp3) is 0.0556. The minimum Gasteiger partial charge on any atom is -0.467 e. The van der Waals surface area contributed by atoms with Gasteiger partial charge in [0.2, 0.25) is 0 Å². The van der Waals surface area contributed by atoms with Crippen LogP contribution in [0.25, 0.3) is 16.9 Å². The summed E-state index contributed by atoms with van der Waals surface area (Å²) in [7, 11) is 0. The van der Waals surface area contributed by atoms with Crippen LogP contribution in [0.1, 0.15) is 16.1 Å². The maximum atomic E-state index is 12.3. The number of nitrogens with one attached hydrogen (secondary N) is 1. The maximum absolute atomic E-state index is 12.3. The second-order valence-electron chi connectivity index (χ2n) is 5.28. The van der Waals surface area contributed by atoms with Crippen LogP contribution in [0.5, 0.6) is 0 Å². The van der Waals surface area contributed by atoms with Gasteiger partial charge in [0.15, 0.2) is 5.65 Å². The molecule has 0 bridgehead atoms. The lowest BCUT2D eigenvalue weighted by atomic mass is 10.1. The van der Waals surface area contributed by atoms with Gasteiger partial charge in [-0.3, -0.25) is 4.79 Å². The monoisotopic (exact) mass is 318 g/mol. The number of fused-ring (bicyclic) bond motifs is 1. The molecule has 0 aliphatic heterocycles. The highest BCUT2D eigenvalue weighted by molar-refractivity contribution is 5.95. The van der Waals surface area contributed by atoms with E-state index >= 15 is 0 Å². The molecule has 4 rings (SSSR count). The molecule has 3 heterocycles. The van der Waals surface area contributed by atoms with E-state index in [1.165, 1.54) is 0 Å². The van der Waals surface area contributed by atoms with Crippen LogP contribution < -0.4 is 5.32 Å². The van der Waals surface area contributed by atoms with Gasteiger partial charge in [-0.15, -0.1) is 0 Å². The predicted molar refractivity (Wildman–Crippen MR) is 88.3 cm³/mol. The number of hydrogen-bond acceptors (Lipinski definition) is 4. The van der Waals surface area contributed by atoms with Crippen molar-refractivity contribution in [2.45, 2.75) is 6.54 Å². The minimum atomic E-state index is -0.157. The van der Waals surface area contributed by atoms with Crippen molar-refractivity contribution in [1.29, 1.82) is 0 Å². The highest BCUT2D eigenvalue weighted by atomic mass is 16.3. The number of hydrogen-bond donors (Lipinski definition) is 1. The molecule has 0 radical (unpaired) electrons. The predicted octanol–water partition coefficient (Wildman–Crippen LogP) is 2.92. The van der Waals surface area contributed by atoms with E-state index in [1.54, 1.807) is 35.3 Å². The fourth-order valence-electron chi connectivity index (χ4n) is 2.53. The van der Waals surface area contributed by atoms with E-state index in [9.17, 15) is 4.79 Å². The van der Waals surface area contributed by atoms with Crippen molar-refractivity contribution in [2.24, 2.45) is 0 Å². The molecule has 0 spiro atoms. The Hall–Kier alpha value is -3.41. The summed E-state index contributed by atoms with van der Waals surface area (Å²) < 4.78 is 6.97. The summed E-state index contributed by atoms with van der Waals surface area (Å²) in [6.45, 7) is 0.354. The van der Waals surface area contributed by atoms with E-state index in [-0.39, 0.29) is 5.91 Å². The Morgan fingerprint density at radius 2 is 2.12 bits per heavy atom. The number of carbonyl (C=O) groups excluding carboxylic acids is 1. The Bertz CT molecular complexity index is 989. The van der Waals surface area contributed by atoms with Gasteiger partial charge in [-0.2, -0.15) is 5.10 Å². The van der Waals surface area contributed by atoms with Crippen LogP contribution in [0.15, 0.2) is 71.6 Å². The Labute approximate surface area is 137 Å². The van der Waals surface area contributed by atoms with E-state index in [4.69, 9.17) is 4.42 Å². The molecule has 0 saturated carbocycles. The lowest BCUT2D eigenvalue weighted by molar-refractivity contribution is 0.0948. The van der Waals surface area contributed by atoms with Gasteiger partial charge >= 0.3 is 0 Å². The first-order chi connectivity index (χ1) is 11.8. The molecule has 6 heteroatoms. The Morgan fingerprint density at radius 3 is 3.00 bits per heavy atom. The molecular weight excluding hydrogens is 304 g/mol. The zero-order valence-electron chi connectivity index (χ0n) is 12.7. The van der Waals surface area contributed by atoms with Crippen molar-refractivity contribution in [3.05, 3.63) is 78.5 Å². The molecule has 118 valence electrons. The highest BCUT2D eigenvalue weighted by Crippen LogP contribution is 2.21. The number of amides is 1. The number of aromatic nitrogens is 3. The zero-order chi connectivity index (χ0) is 16.4. The third-order valence-corrected chi connectivity index (χ3v) is 3.70. The first-order valence-corrected chi connectivity index (χ1v) is 7.51. The number of benzene rings is 1. The van der Waals surface area contributed by atoms with Crippen LogP contribution in [-0.4, -0.2) is 20.5 Å². The van der Waals surface area contributed by atoms with Crippen LogP contribution in [-0.2, 0) is 6.54 Å². The second kappa shape index (κ2) is 6.00. The standard InChI is InChI=1S/C18H14N4O2/c23-18(20-11-15-6-3-9-24-15)14-5-1-4-13(10-14)16-12-19-17-7-2-8-21-22(16)17/h1-10,12H,11H2,(H,20,23). The second-order valence-corrected chi connectivity index (χ2v) is 5.28. The minimum absolute atomic E-state index is 0.157. The summed E-state index contributed by atoms with van der Waals surface area (Å²) in [5.41, 5.74) is 3.06. The van der Waals surface area contributed by atoms with E-state index < -0.39 is 0 Å². The molecule has 6 nitrogen and oxygen atoms in total. The van der Waals surface area contributed by atoms with Gasteiger partial charge in [-0.05, 0) is 36.4 Å². The van der Waals surface area contributed by atoms with Gasteiger partial charge in [-0.1, -0.05) is 12.1 Å². The lowest BCUT2D eigenvalue weighted by Crippen LogP contribution is -2.22. The molecular formula is C18H14N4O2.